The number of hydrogen-bond acceptors (Lipinski definition) is 6. The van der Waals surface area contributed by atoms with Crippen molar-refractivity contribution in [3.8, 4) is 0 Å². The first-order chi connectivity index (χ1) is 13.0. The van der Waals surface area contributed by atoms with Crippen molar-refractivity contribution in [1.29, 1.82) is 0 Å². The Labute approximate surface area is 163 Å². The van der Waals surface area contributed by atoms with Crippen LogP contribution in [0.3, 0.4) is 0 Å². The van der Waals surface area contributed by atoms with Crippen LogP contribution in [0.2, 0.25) is 5.02 Å². The van der Waals surface area contributed by atoms with E-state index in [-0.39, 0.29) is 23.3 Å². The van der Waals surface area contributed by atoms with Crippen LogP contribution in [0.5, 0.6) is 0 Å². The third-order valence-electron chi connectivity index (χ3n) is 4.59. The lowest BCUT2D eigenvalue weighted by molar-refractivity contribution is -0.137. The molecule has 1 aliphatic rings. The SMILES string of the molecule is CC(C)(CO)c1cc(NC(=O)C2CCN2c2ncc(C(F)(F)F)cc2Cl)on1. The van der Waals surface area contributed by atoms with Crippen LogP contribution >= 0.6 is 11.6 Å². The number of carbonyl (C=O) groups is 1. The highest BCUT2D eigenvalue weighted by atomic mass is 35.5. The van der Waals surface area contributed by atoms with Crippen LogP contribution in [-0.2, 0) is 16.4 Å². The molecule has 1 amide bonds. The summed E-state index contributed by atoms with van der Waals surface area (Å²) in [7, 11) is 0. The summed E-state index contributed by atoms with van der Waals surface area (Å²) in [6.45, 7) is 3.81. The molecule has 28 heavy (non-hydrogen) atoms. The second-order valence-electron chi connectivity index (χ2n) is 7.13. The van der Waals surface area contributed by atoms with Gasteiger partial charge in [0.1, 0.15) is 11.9 Å². The van der Waals surface area contributed by atoms with Crippen LogP contribution in [0.15, 0.2) is 22.9 Å². The summed E-state index contributed by atoms with van der Waals surface area (Å²) >= 11 is 5.95. The zero-order chi connectivity index (χ0) is 20.7. The Hall–Kier alpha value is -2.33. The van der Waals surface area contributed by atoms with E-state index < -0.39 is 29.1 Å². The number of aromatic nitrogens is 2. The molecule has 0 saturated carbocycles. The normalized spacial score (nSPS) is 17.4. The molecule has 11 heteroatoms. The van der Waals surface area contributed by atoms with E-state index in [0.717, 1.165) is 6.07 Å². The molecule has 0 radical (unpaired) electrons. The molecule has 0 aliphatic carbocycles. The second kappa shape index (κ2) is 7.25. The summed E-state index contributed by atoms with van der Waals surface area (Å²) in [5.74, 6) is -0.200. The van der Waals surface area contributed by atoms with Crippen molar-refractivity contribution in [3.05, 3.63) is 34.6 Å². The lowest BCUT2D eigenvalue weighted by atomic mass is 9.91. The van der Waals surface area contributed by atoms with Crippen molar-refractivity contribution in [2.45, 2.75) is 37.9 Å². The van der Waals surface area contributed by atoms with Crippen LogP contribution in [0, 0.1) is 0 Å². The molecule has 2 aromatic rings. The van der Waals surface area contributed by atoms with Crippen LogP contribution in [0.1, 0.15) is 31.5 Å². The fourth-order valence-corrected chi connectivity index (χ4v) is 2.92. The Morgan fingerprint density at radius 3 is 2.68 bits per heavy atom. The van der Waals surface area contributed by atoms with Crippen LogP contribution in [0.4, 0.5) is 24.9 Å². The lowest BCUT2D eigenvalue weighted by Crippen LogP contribution is -2.55. The summed E-state index contributed by atoms with van der Waals surface area (Å²) in [6, 6.07) is 1.65. The van der Waals surface area contributed by atoms with Crippen LogP contribution in [-0.4, -0.2) is 40.3 Å². The largest absolute Gasteiger partial charge is 0.417 e. The number of alkyl halides is 3. The van der Waals surface area contributed by atoms with E-state index in [9.17, 15) is 23.1 Å². The van der Waals surface area contributed by atoms with Gasteiger partial charge in [0.2, 0.25) is 11.8 Å². The van der Waals surface area contributed by atoms with Crippen molar-refractivity contribution in [1.82, 2.24) is 10.1 Å². The van der Waals surface area contributed by atoms with E-state index in [1.807, 2.05) is 0 Å². The highest BCUT2D eigenvalue weighted by molar-refractivity contribution is 6.33. The zero-order valence-corrected chi connectivity index (χ0v) is 15.8. The molecule has 3 rings (SSSR count). The third kappa shape index (κ3) is 3.93. The highest BCUT2D eigenvalue weighted by Crippen LogP contribution is 2.36. The Morgan fingerprint density at radius 2 is 2.14 bits per heavy atom. The zero-order valence-electron chi connectivity index (χ0n) is 15.0. The minimum atomic E-state index is -4.55. The van der Waals surface area contributed by atoms with Gasteiger partial charge in [-0.3, -0.25) is 10.1 Å². The summed E-state index contributed by atoms with van der Waals surface area (Å²) in [5.41, 5.74) is -1.11. The van der Waals surface area contributed by atoms with Gasteiger partial charge in [0.05, 0.1) is 22.9 Å². The van der Waals surface area contributed by atoms with Crippen molar-refractivity contribution < 1.29 is 27.6 Å². The van der Waals surface area contributed by atoms with Crippen LogP contribution < -0.4 is 10.2 Å². The molecule has 2 N–H and O–H groups in total. The molecule has 152 valence electrons. The number of aliphatic hydroxyl groups excluding tert-OH is 1. The quantitative estimate of drug-likeness (QED) is 0.774. The minimum Gasteiger partial charge on any atom is -0.395 e. The number of aliphatic hydroxyl groups is 1. The summed E-state index contributed by atoms with van der Waals surface area (Å²) in [5, 5.41) is 15.6. The number of nitrogens with one attached hydrogen (secondary N) is 1. The Morgan fingerprint density at radius 1 is 1.43 bits per heavy atom. The predicted molar refractivity (Wildman–Crippen MR) is 95.2 cm³/mol. The van der Waals surface area contributed by atoms with Gasteiger partial charge in [0.15, 0.2) is 0 Å². The van der Waals surface area contributed by atoms with Gasteiger partial charge in [-0.2, -0.15) is 13.2 Å². The van der Waals surface area contributed by atoms with Gasteiger partial charge >= 0.3 is 6.18 Å². The number of amides is 1. The maximum absolute atomic E-state index is 12.7. The molecule has 1 aliphatic heterocycles. The third-order valence-corrected chi connectivity index (χ3v) is 4.87. The maximum atomic E-state index is 12.7. The van der Waals surface area contributed by atoms with Gasteiger partial charge in [-0.25, -0.2) is 4.98 Å². The van der Waals surface area contributed by atoms with Gasteiger partial charge in [-0.15, -0.1) is 0 Å². The smallest absolute Gasteiger partial charge is 0.395 e. The van der Waals surface area contributed by atoms with Crippen molar-refractivity contribution in [2.75, 3.05) is 23.4 Å². The fraction of sp³-hybridized carbons (Fsp3) is 0.471. The standard InChI is InChI=1S/C17H18ClF3N4O3/c1-16(2,8-26)12-6-13(28-24-12)23-15(27)11-3-4-25(11)14-10(18)5-9(7-22-14)17(19,20)21/h5-7,11,26H,3-4,8H2,1-2H3,(H,23,27). The Bertz CT molecular complexity index is 885. The number of halogens is 4. The highest BCUT2D eigenvalue weighted by Gasteiger charge is 2.38. The molecule has 1 fully saturated rings. The second-order valence-corrected chi connectivity index (χ2v) is 7.54. The molecule has 3 heterocycles. The van der Waals surface area contributed by atoms with E-state index in [0.29, 0.717) is 24.9 Å². The van der Waals surface area contributed by atoms with E-state index in [2.05, 4.69) is 15.5 Å². The number of anilines is 2. The van der Waals surface area contributed by atoms with Crippen molar-refractivity contribution >= 4 is 29.2 Å². The molecule has 0 bridgehead atoms. The average Bonchev–Trinajstić information content (AvgIpc) is 3.03. The lowest BCUT2D eigenvalue weighted by Gasteiger charge is -2.40. The fourth-order valence-electron chi connectivity index (χ4n) is 2.65. The van der Waals surface area contributed by atoms with E-state index in [1.165, 1.54) is 11.0 Å². The van der Waals surface area contributed by atoms with Crippen molar-refractivity contribution in [2.24, 2.45) is 0 Å². The Balaban J connectivity index is 1.71. The first-order valence-electron chi connectivity index (χ1n) is 8.41. The first kappa shape index (κ1) is 20.4. The van der Waals surface area contributed by atoms with Gasteiger partial charge < -0.3 is 14.5 Å². The molecule has 0 aromatic carbocycles. The van der Waals surface area contributed by atoms with E-state index in [4.69, 9.17) is 16.1 Å². The molecular weight excluding hydrogens is 401 g/mol. The number of nitrogens with zero attached hydrogens (tertiary/aromatic N) is 3. The average molecular weight is 419 g/mol. The van der Waals surface area contributed by atoms with Crippen molar-refractivity contribution in [3.63, 3.8) is 0 Å². The van der Waals surface area contributed by atoms with Gasteiger partial charge in [0.25, 0.3) is 0 Å². The Kier molecular flexibility index (Phi) is 5.28. The number of pyridine rings is 1. The summed E-state index contributed by atoms with van der Waals surface area (Å²) < 4.78 is 43.3. The van der Waals surface area contributed by atoms with Crippen LogP contribution in [0.25, 0.3) is 0 Å². The number of rotatable bonds is 5. The monoisotopic (exact) mass is 418 g/mol. The molecule has 2 aromatic heterocycles. The van der Waals surface area contributed by atoms with E-state index in [1.54, 1.807) is 13.8 Å². The molecule has 1 unspecified atom stereocenters. The summed E-state index contributed by atoms with van der Waals surface area (Å²) in [4.78, 5) is 17.8. The molecule has 0 spiro atoms. The predicted octanol–water partition coefficient (Wildman–Crippen LogP) is 3.23. The van der Waals surface area contributed by atoms with Gasteiger partial charge in [0, 0.05) is 24.2 Å². The first-order valence-corrected chi connectivity index (χ1v) is 8.79. The number of carbonyl (C=O) groups excluding carboxylic acids is 1. The number of hydrogen-bond donors (Lipinski definition) is 2. The van der Waals surface area contributed by atoms with E-state index >= 15 is 0 Å². The summed E-state index contributed by atoms with van der Waals surface area (Å²) in [6.07, 6.45) is -3.38. The molecule has 1 saturated heterocycles. The minimum absolute atomic E-state index is 0.111. The molecular formula is C17H18ClF3N4O3. The van der Waals surface area contributed by atoms with Gasteiger partial charge in [-0.1, -0.05) is 30.6 Å². The molecule has 1 atom stereocenters. The molecule has 7 nitrogen and oxygen atoms in total. The maximum Gasteiger partial charge on any atom is 0.417 e. The van der Waals surface area contributed by atoms with Gasteiger partial charge in [-0.05, 0) is 12.5 Å². The topological polar surface area (TPSA) is 91.5 Å².